The van der Waals surface area contributed by atoms with Gasteiger partial charge in [0.2, 0.25) is 0 Å². The number of nitrogens with zero attached hydrogens (tertiary/aromatic N) is 1. The summed E-state index contributed by atoms with van der Waals surface area (Å²) in [5.74, 6) is 0. The maximum absolute atomic E-state index is 8.85. The van der Waals surface area contributed by atoms with Gasteiger partial charge >= 0.3 is 0 Å². The number of likely N-dealkylation sites (tertiary alicyclic amines) is 1. The highest BCUT2D eigenvalue weighted by Crippen LogP contribution is 2.16. The van der Waals surface area contributed by atoms with Gasteiger partial charge in [-0.3, -0.25) is 4.90 Å². The van der Waals surface area contributed by atoms with Crippen LogP contribution in [0.1, 0.15) is 6.42 Å². The Bertz CT molecular complexity index is 152. The molecular formula is C7H15F72NO2. The van der Waals surface area contributed by atoms with Gasteiger partial charge < -0.3 is 9.84 Å². The molecule has 1 rings (SSSR count). The van der Waals surface area contributed by atoms with Crippen LogP contribution in [0.15, 0.2) is 0 Å². The lowest BCUT2D eigenvalue weighted by atomic mass is 10.2. The van der Waals surface area contributed by atoms with Crippen molar-refractivity contribution in [1.29, 1.82) is 0 Å². The van der Waals surface area contributed by atoms with Gasteiger partial charge in [-0.15, -0.1) is 0 Å². The van der Waals surface area contributed by atoms with E-state index in [1.54, 1.807) is 7.11 Å². The van der Waals surface area contributed by atoms with E-state index in [0.717, 1.165) is 13.0 Å². The van der Waals surface area contributed by atoms with Crippen molar-refractivity contribution in [2.45, 2.75) is 18.6 Å². The number of hydrogen-bond acceptors (Lipinski definition) is 3. The average Bonchev–Trinajstić information content (AvgIpc) is 4.09. The first kappa shape index (κ1) is 265. The Kier molecular flexibility index (Phi) is 22300. The Balaban J connectivity index is -0.00000000797. The topological polar surface area (TPSA) is 32.7 Å². The zero-order valence-corrected chi connectivity index (χ0v) is 33.8. The van der Waals surface area contributed by atoms with Crippen LogP contribution < -0.4 is 0 Å². The van der Waals surface area contributed by atoms with E-state index in [1.807, 2.05) is 7.05 Å². The van der Waals surface area contributed by atoms with Crippen molar-refractivity contribution in [1.82, 2.24) is 4.90 Å². The normalized spacial score (nSPS) is 6.91. The maximum Gasteiger partial charge on any atom is 0.0714 e. The fourth-order valence-electron chi connectivity index (χ4n) is 1.41. The van der Waals surface area contributed by atoms with Gasteiger partial charge in [-0.1, -0.05) is 0 Å². The van der Waals surface area contributed by atoms with Crippen molar-refractivity contribution in [3.8, 4) is 0 Å². The standard InChI is InChI=1S/C7H15NO2.36F2/c1-8-4-7(10-2)3-6(8)5-9;36*1-2/h6-7,9H,3-5H2,1-2H3;;;;;;;;;;;;;;;;;;;;;;;;;;;;;;;;;;;;/t6-,7-;;;;;;;;;;;;;;;;;;;;;;;;;;;;;;;;;;;;/m0..................................../s1. The zero-order chi connectivity index (χ0) is 79.6. The van der Waals surface area contributed by atoms with Crippen LogP contribution in [-0.4, -0.2) is 49.5 Å². The van der Waals surface area contributed by atoms with Gasteiger partial charge in [0, 0.05) is 349 Å². The molecule has 0 spiro atoms. The van der Waals surface area contributed by atoms with Crippen molar-refractivity contribution >= 4 is 0 Å². The van der Waals surface area contributed by atoms with E-state index in [0.29, 0.717) is 12.1 Å². The number of aliphatic hydroxyl groups is 1. The molecule has 1 N–H and O–H groups in total. The lowest BCUT2D eigenvalue weighted by molar-refractivity contribution is 0.108. The lowest BCUT2D eigenvalue weighted by Crippen LogP contribution is -2.28. The number of likely N-dealkylation sites (N-methyl/N-ethyl adjacent to an activating group) is 1. The second-order valence-electron chi connectivity index (χ2n) is 2.87. The molecule has 82 heavy (non-hydrogen) atoms. The van der Waals surface area contributed by atoms with E-state index < -0.39 is 0 Å². The molecule has 2 atom stereocenters. The summed E-state index contributed by atoms with van der Waals surface area (Å²) in [5.41, 5.74) is 0. The van der Waals surface area contributed by atoms with Gasteiger partial charge in [0.15, 0.2) is 0 Å². The van der Waals surface area contributed by atoms with Gasteiger partial charge in [0.05, 0.1) is 12.7 Å². The minimum Gasteiger partial charge on any atom is -0.395 e. The van der Waals surface area contributed by atoms with Crippen molar-refractivity contribution in [2.24, 2.45) is 0 Å². The number of rotatable bonds is 2. The Hall–Kier alpha value is -5.16. The molecule has 0 aromatic carbocycles. The number of halogens is 72. The molecule has 1 saturated heterocycles. The van der Waals surface area contributed by atoms with Crippen LogP contribution in [0.3, 0.4) is 0 Å². The summed E-state index contributed by atoms with van der Waals surface area (Å²) in [4.78, 5) is 2.13. The molecule has 0 aromatic heterocycles. The van der Waals surface area contributed by atoms with E-state index in [-0.39, 0.29) is 6.61 Å². The first-order chi connectivity index (χ1) is 40.8. The van der Waals surface area contributed by atoms with Crippen LogP contribution >= 0.6 is 0 Å². The molecule has 0 bridgehead atoms. The van der Waals surface area contributed by atoms with Gasteiger partial charge in [0.1, 0.15) is 0 Å². The molecular weight excluding hydrogens is 1500 g/mol. The van der Waals surface area contributed by atoms with Gasteiger partial charge in [-0.2, -0.15) is 0 Å². The fourth-order valence-corrected chi connectivity index (χ4v) is 1.41. The van der Waals surface area contributed by atoms with Gasteiger partial charge in [-0.05, 0) is 13.5 Å². The Morgan fingerprint density at radius 2 is 0.317 bits per heavy atom. The van der Waals surface area contributed by atoms with Crippen LogP contribution in [0.5, 0.6) is 0 Å². The summed E-state index contributed by atoms with van der Waals surface area (Å²) in [6.07, 6.45) is 1.28. The van der Waals surface area contributed by atoms with E-state index in [2.05, 4.69) is 4.90 Å². The van der Waals surface area contributed by atoms with Crippen molar-refractivity contribution in [2.75, 3.05) is 27.3 Å². The first-order valence-corrected chi connectivity index (χ1v) is 8.76. The van der Waals surface area contributed by atoms with Crippen LogP contribution in [0.2, 0.25) is 0 Å². The average molecular weight is 1510 g/mol. The first-order valence-electron chi connectivity index (χ1n) is 8.76. The molecule has 0 aromatic rings. The predicted octanol–water partition coefficient (Wildman–Crippen LogP) is 30.0. The summed E-state index contributed by atoms with van der Waals surface area (Å²) < 4.78 is 581. The monoisotopic (exact) mass is 1510 g/mol. The number of aliphatic hydroxyl groups excluding tert-OH is 1. The molecule has 1 heterocycles. The molecule has 0 unspecified atom stereocenters. The van der Waals surface area contributed by atoms with Crippen LogP contribution in [-0.2, 0) is 4.74 Å². The fraction of sp³-hybridized carbons (Fsp3) is 1.00. The summed E-state index contributed by atoms with van der Waals surface area (Å²) in [6, 6.07) is 0.310. The minimum absolute atomic E-state index is 0.246. The third-order valence-corrected chi connectivity index (χ3v) is 2.19. The number of hydrogen-bond donors (Lipinski definition) is 1. The molecule has 75 heteroatoms. The quantitative estimate of drug-likeness (QED) is 0.280. The SMILES string of the molecule is CO[C@H]1C[C@@H](CO)N(C)C1.FF.FF.FF.FF.FF.FF.FF.FF.FF.FF.FF.FF.FF.FF.FF.FF.FF.FF.FF.FF.FF.FF.FF.FF.FF.FF.FF.FF.FF.FF.FF.FF.FF.FF.FF.FF. The molecule has 1 fully saturated rings. The summed E-state index contributed by atoms with van der Waals surface area (Å²) in [7, 11) is 3.73. The highest BCUT2D eigenvalue weighted by molar-refractivity contribution is 4.82. The second-order valence-corrected chi connectivity index (χ2v) is 2.87. The molecule has 0 aliphatic carbocycles. The summed E-state index contributed by atoms with van der Waals surface area (Å²) in [5, 5.41) is 8.85. The van der Waals surface area contributed by atoms with Crippen LogP contribution in [0, 0.1) is 0 Å². The molecule has 564 valence electrons. The minimum atomic E-state index is 0.246. The van der Waals surface area contributed by atoms with Crippen LogP contribution in [0.4, 0.5) is 329 Å². The highest BCUT2D eigenvalue weighted by Gasteiger charge is 2.28. The number of methoxy groups -OCH3 is 1. The molecule has 0 saturated carbocycles. The third-order valence-electron chi connectivity index (χ3n) is 2.19. The third kappa shape index (κ3) is 3470. The van der Waals surface area contributed by atoms with E-state index in [1.165, 1.54) is 0 Å². The Morgan fingerprint density at radius 3 is 0.354 bits per heavy atom. The number of ether oxygens (including phenoxy) is 1. The molecule has 1 aliphatic rings. The molecule has 1 aliphatic heterocycles. The van der Waals surface area contributed by atoms with Crippen LogP contribution in [0.25, 0.3) is 0 Å². The molecule has 0 radical (unpaired) electrons. The lowest BCUT2D eigenvalue weighted by Gasteiger charge is -2.14. The Labute approximate surface area is 393 Å². The zero-order valence-electron chi connectivity index (χ0n) is 33.8. The van der Waals surface area contributed by atoms with Crippen molar-refractivity contribution in [3.05, 3.63) is 0 Å². The van der Waals surface area contributed by atoms with E-state index in [4.69, 9.17) is 339 Å². The van der Waals surface area contributed by atoms with Gasteiger partial charge in [-0.25, -0.2) is 0 Å². The highest BCUT2D eigenvalue weighted by atomic mass is 20.1. The van der Waals surface area contributed by atoms with Gasteiger partial charge in [0.25, 0.3) is 0 Å². The smallest absolute Gasteiger partial charge is 0.0714 e. The predicted molar refractivity (Wildman–Crippen MR) is 119 cm³/mol. The van der Waals surface area contributed by atoms with Crippen molar-refractivity contribution < 1.29 is 339 Å². The summed E-state index contributed by atoms with van der Waals surface area (Å²) in [6.45, 7) is 1.19. The van der Waals surface area contributed by atoms with E-state index >= 15 is 0 Å². The maximum atomic E-state index is 8.85. The molecule has 3 nitrogen and oxygen atoms in total. The summed E-state index contributed by atoms with van der Waals surface area (Å²) >= 11 is 0. The molecule has 0 amide bonds. The second kappa shape index (κ2) is 6910. The largest absolute Gasteiger partial charge is 0.395 e. The van der Waals surface area contributed by atoms with E-state index in [9.17, 15) is 0 Å². The Morgan fingerprint density at radius 1 is 0.232 bits per heavy atom. The van der Waals surface area contributed by atoms with Crippen molar-refractivity contribution in [3.63, 3.8) is 0 Å².